The van der Waals surface area contributed by atoms with Gasteiger partial charge < -0.3 is 10.2 Å². The van der Waals surface area contributed by atoms with Crippen LogP contribution in [0.2, 0.25) is 5.02 Å². The van der Waals surface area contributed by atoms with Gasteiger partial charge >= 0.3 is 0 Å². The van der Waals surface area contributed by atoms with E-state index in [1.165, 1.54) is 36.9 Å². The van der Waals surface area contributed by atoms with E-state index in [-0.39, 0.29) is 0 Å². The van der Waals surface area contributed by atoms with Crippen LogP contribution in [0, 0.1) is 5.92 Å². The Balaban J connectivity index is 1.97. The molecule has 0 amide bonds. The number of nitrogens with zero attached hydrogens (tertiary/aromatic N) is 1. The molecule has 1 aromatic carbocycles. The van der Waals surface area contributed by atoms with Crippen LogP contribution in [0.15, 0.2) is 18.2 Å². The molecule has 0 aliphatic heterocycles. The number of halogens is 1. The smallest absolute Gasteiger partial charge is 0.0471 e. The van der Waals surface area contributed by atoms with Crippen molar-refractivity contribution in [3.05, 3.63) is 28.8 Å². The molecule has 112 valence electrons. The Morgan fingerprint density at radius 2 is 2.00 bits per heavy atom. The first-order valence-corrected chi connectivity index (χ1v) is 8.17. The highest BCUT2D eigenvalue weighted by Crippen LogP contribution is 2.29. The van der Waals surface area contributed by atoms with Gasteiger partial charge in [-0.3, -0.25) is 0 Å². The van der Waals surface area contributed by atoms with E-state index in [9.17, 15) is 0 Å². The fraction of sp³-hybridized carbons (Fsp3) is 0.647. The van der Waals surface area contributed by atoms with Gasteiger partial charge in [0, 0.05) is 30.3 Å². The van der Waals surface area contributed by atoms with Gasteiger partial charge in [0.25, 0.3) is 0 Å². The van der Waals surface area contributed by atoms with Gasteiger partial charge in [-0.05, 0) is 43.0 Å². The summed E-state index contributed by atoms with van der Waals surface area (Å²) in [6, 6.07) is 7.18. The van der Waals surface area contributed by atoms with Crippen LogP contribution in [0.3, 0.4) is 0 Å². The molecular formula is C17H27ClN2. The van der Waals surface area contributed by atoms with E-state index >= 15 is 0 Å². The molecule has 0 radical (unpaired) electrons. The minimum atomic E-state index is 0.668. The average molecular weight is 295 g/mol. The zero-order valence-corrected chi connectivity index (χ0v) is 13.7. The van der Waals surface area contributed by atoms with Gasteiger partial charge in [0.05, 0.1) is 0 Å². The van der Waals surface area contributed by atoms with Crippen LogP contribution in [0.5, 0.6) is 0 Å². The summed E-state index contributed by atoms with van der Waals surface area (Å²) in [6.45, 7) is 6.31. The van der Waals surface area contributed by atoms with E-state index in [1.54, 1.807) is 0 Å². The van der Waals surface area contributed by atoms with E-state index in [1.807, 2.05) is 0 Å². The second kappa shape index (κ2) is 7.33. The van der Waals surface area contributed by atoms with Crippen LogP contribution in [0.4, 0.5) is 5.69 Å². The van der Waals surface area contributed by atoms with Crippen LogP contribution in [0.25, 0.3) is 0 Å². The molecule has 1 aromatic rings. The lowest BCUT2D eigenvalue weighted by molar-refractivity contribution is 0.552. The lowest BCUT2D eigenvalue weighted by atomic mass is 10.1. The van der Waals surface area contributed by atoms with Crippen molar-refractivity contribution in [2.45, 2.75) is 52.1 Å². The minimum Gasteiger partial charge on any atom is -0.372 e. The molecule has 0 bridgehead atoms. The third-order valence-corrected chi connectivity index (χ3v) is 4.54. The molecule has 0 saturated heterocycles. The lowest BCUT2D eigenvalue weighted by Crippen LogP contribution is -2.28. The largest absolute Gasteiger partial charge is 0.372 e. The molecular weight excluding hydrogens is 268 g/mol. The van der Waals surface area contributed by atoms with Crippen molar-refractivity contribution < 1.29 is 0 Å². The highest BCUT2D eigenvalue weighted by atomic mass is 35.5. The molecule has 1 N–H and O–H groups in total. The highest BCUT2D eigenvalue weighted by Gasteiger charge is 2.20. The van der Waals surface area contributed by atoms with Crippen LogP contribution >= 0.6 is 11.6 Å². The second-order valence-electron chi connectivity index (χ2n) is 6.35. The fourth-order valence-electron chi connectivity index (χ4n) is 2.90. The van der Waals surface area contributed by atoms with Gasteiger partial charge in [-0.15, -0.1) is 0 Å². The first-order valence-electron chi connectivity index (χ1n) is 7.80. The normalized spacial score (nSPS) is 16.1. The van der Waals surface area contributed by atoms with Gasteiger partial charge in [0.2, 0.25) is 0 Å². The summed E-state index contributed by atoms with van der Waals surface area (Å²) >= 11 is 6.43. The molecule has 0 heterocycles. The Bertz CT molecular complexity index is 425. The molecule has 1 aliphatic carbocycles. The monoisotopic (exact) mass is 294 g/mol. The Hall–Kier alpha value is -0.730. The van der Waals surface area contributed by atoms with Crippen molar-refractivity contribution in [3.63, 3.8) is 0 Å². The van der Waals surface area contributed by atoms with Gasteiger partial charge in [0.15, 0.2) is 0 Å². The first kappa shape index (κ1) is 15.7. The first-order chi connectivity index (χ1) is 9.58. The molecule has 0 atom stereocenters. The van der Waals surface area contributed by atoms with Crippen LogP contribution in [0.1, 0.15) is 45.1 Å². The Labute approximate surface area is 128 Å². The minimum absolute atomic E-state index is 0.668. The summed E-state index contributed by atoms with van der Waals surface area (Å²) in [5.74, 6) is 0.668. The predicted octanol–water partition coefficient (Wildman–Crippen LogP) is 4.46. The molecule has 0 unspecified atom stereocenters. The van der Waals surface area contributed by atoms with E-state index in [0.717, 1.165) is 18.1 Å². The van der Waals surface area contributed by atoms with Crippen molar-refractivity contribution in [2.24, 2.45) is 5.92 Å². The van der Waals surface area contributed by atoms with E-state index in [0.29, 0.717) is 12.0 Å². The molecule has 2 rings (SSSR count). The van der Waals surface area contributed by atoms with Gasteiger partial charge in [0.1, 0.15) is 0 Å². The summed E-state index contributed by atoms with van der Waals surface area (Å²) in [5.41, 5.74) is 2.44. The summed E-state index contributed by atoms with van der Waals surface area (Å²) in [5, 5.41) is 4.33. The standard InChI is InChI=1S/C17H27ClN2/c1-13(2)11-19-12-14-8-9-16(10-17(14)18)20(3)15-6-4-5-7-15/h8-10,13,15,19H,4-7,11-12H2,1-3H3. The summed E-state index contributed by atoms with van der Waals surface area (Å²) < 4.78 is 0. The number of hydrogen-bond donors (Lipinski definition) is 1. The second-order valence-corrected chi connectivity index (χ2v) is 6.76. The summed E-state index contributed by atoms with van der Waals surface area (Å²) in [6.07, 6.45) is 5.34. The maximum atomic E-state index is 6.43. The maximum Gasteiger partial charge on any atom is 0.0471 e. The molecule has 0 spiro atoms. The SMILES string of the molecule is CC(C)CNCc1ccc(N(C)C2CCCC2)cc1Cl. The third kappa shape index (κ3) is 4.13. The third-order valence-electron chi connectivity index (χ3n) is 4.18. The lowest BCUT2D eigenvalue weighted by Gasteiger charge is -2.27. The highest BCUT2D eigenvalue weighted by molar-refractivity contribution is 6.31. The topological polar surface area (TPSA) is 15.3 Å². The van der Waals surface area contributed by atoms with Crippen molar-refractivity contribution in [1.29, 1.82) is 0 Å². The molecule has 1 aliphatic rings. The molecule has 1 fully saturated rings. The number of rotatable bonds is 6. The Morgan fingerprint density at radius 3 is 2.60 bits per heavy atom. The van der Waals surface area contributed by atoms with Crippen LogP contribution in [-0.2, 0) is 6.54 Å². The predicted molar refractivity (Wildman–Crippen MR) is 88.7 cm³/mol. The number of anilines is 1. The van der Waals surface area contributed by atoms with Crippen LogP contribution < -0.4 is 10.2 Å². The molecule has 3 heteroatoms. The summed E-state index contributed by atoms with van der Waals surface area (Å²) in [4.78, 5) is 2.39. The fourth-order valence-corrected chi connectivity index (χ4v) is 3.14. The number of hydrogen-bond acceptors (Lipinski definition) is 2. The zero-order chi connectivity index (χ0) is 14.5. The number of benzene rings is 1. The van der Waals surface area contributed by atoms with Crippen LogP contribution in [-0.4, -0.2) is 19.6 Å². The maximum absolute atomic E-state index is 6.43. The van der Waals surface area contributed by atoms with Crippen molar-refractivity contribution in [1.82, 2.24) is 5.32 Å². The molecule has 20 heavy (non-hydrogen) atoms. The van der Waals surface area contributed by atoms with E-state index in [4.69, 9.17) is 11.6 Å². The zero-order valence-electron chi connectivity index (χ0n) is 13.0. The van der Waals surface area contributed by atoms with E-state index < -0.39 is 0 Å². The summed E-state index contributed by atoms with van der Waals surface area (Å²) in [7, 11) is 2.19. The number of nitrogens with one attached hydrogen (secondary N) is 1. The van der Waals surface area contributed by atoms with Crippen molar-refractivity contribution >= 4 is 17.3 Å². The van der Waals surface area contributed by atoms with Gasteiger partial charge in [-0.25, -0.2) is 0 Å². The van der Waals surface area contributed by atoms with E-state index in [2.05, 4.69) is 49.3 Å². The molecule has 0 aromatic heterocycles. The van der Waals surface area contributed by atoms with Crippen molar-refractivity contribution in [3.8, 4) is 0 Å². The molecule has 1 saturated carbocycles. The van der Waals surface area contributed by atoms with Gasteiger partial charge in [-0.2, -0.15) is 0 Å². The average Bonchev–Trinajstić information content (AvgIpc) is 2.93. The Morgan fingerprint density at radius 1 is 1.30 bits per heavy atom. The Kier molecular flexibility index (Phi) is 5.74. The van der Waals surface area contributed by atoms with Gasteiger partial charge in [-0.1, -0.05) is 44.4 Å². The van der Waals surface area contributed by atoms with Crippen molar-refractivity contribution in [2.75, 3.05) is 18.5 Å². The molecule has 2 nitrogen and oxygen atoms in total. The quantitative estimate of drug-likeness (QED) is 0.833.